The van der Waals surface area contributed by atoms with Crippen molar-refractivity contribution in [2.75, 3.05) is 11.1 Å². The van der Waals surface area contributed by atoms with Crippen molar-refractivity contribution < 1.29 is 14.1 Å². The largest absolute Gasteiger partial charge is 0.381 e. The number of hydrogen-bond donors (Lipinski definition) is 2. The summed E-state index contributed by atoms with van der Waals surface area (Å²) in [5, 5.41) is 13.3. The normalized spacial score (nSPS) is 10.2. The standard InChI is InChI=1S/C13H11FN4O3/c1-7-9(3-2-4-10(7)18(20)21)17-13(19)8-5-6-16-12(15)11(8)14/h2-6H,1H3,(H2,15,16)(H,17,19). The number of rotatable bonds is 3. The molecule has 0 aliphatic heterocycles. The molecule has 21 heavy (non-hydrogen) atoms. The molecule has 108 valence electrons. The van der Waals surface area contributed by atoms with E-state index in [1.165, 1.54) is 37.4 Å². The fourth-order valence-electron chi connectivity index (χ4n) is 1.78. The fraction of sp³-hybridized carbons (Fsp3) is 0.0769. The van der Waals surface area contributed by atoms with Crippen LogP contribution in [0.3, 0.4) is 0 Å². The van der Waals surface area contributed by atoms with E-state index in [9.17, 15) is 19.3 Å². The number of amides is 1. The zero-order valence-electron chi connectivity index (χ0n) is 11.0. The molecule has 0 spiro atoms. The van der Waals surface area contributed by atoms with Crippen LogP contribution >= 0.6 is 0 Å². The average Bonchev–Trinajstić information content (AvgIpc) is 2.43. The second-order valence-corrected chi connectivity index (χ2v) is 4.22. The summed E-state index contributed by atoms with van der Waals surface area (Å²) < 4.78 is 13.7. The summed E-state index contributed by atoms with van der Waals surface area (Å²) in [6.45, 7) is 1.49. The number of nitro groups is 1. The molecule has 0 unspecified atom stereocenters. The smallest absolute Gasteiger partial charge is 0.274 e. The highest BCUT2D eigenvalue weighted by Gasteiger charge is 2.18. The third-order valence-electron chi connectivity index (χ3n) is 2.91. The predicted molar refractivity (Wildman–Crippen MR) is 74.4 cm³/mol. The van der Waals surface area contributed by atoms with E-state index in [1.807, 2.05) is 0 Å². The van der Waals surface area contributed by atoms with E-state index in [1.54, 1.807) is 0 Å². The van der Waals surface area contributed by atoms with Gasteiger partial charge in [0.2, 0.25) is 0 Å². The second-order valence-electron chi connectivity index (χ2n) is 4.22. The van der Waals surface area contributed by atoms with Crippen molar-refractivity contribution in [2.24, 2.45) is 0 Å². The van der Waals surface area contributed by atoms with E-state index in [-0.39, 0.29) is 22.5 Å². The number of benzene rings is 1. The van der Waals surface area contributed by atoms with Gasteiger partial charge in [0.15, 0.2) is 11.6 Å². The van der Waals surface area contributed by atoms with Crippen LogP contribution in [0.2, 0.25) is 0 Å². The molecule has 0 saturated carbocycles. The topological polar surface area (TPSA) is 111 Å². The first-order valence-electron chi connectivity index (χ1n) is 5.87. The van der Waals surface area contributed by atoms with Crippen molar-refractivity contribution >= 4 is 23.1 Å². The summed E-state index contributed by atoms with van der Waals surface area (Å²) in [4.78, 5) is 25.8. The van der Waals surface area contributed by atoms with Crippen LogP contribution < -0.4 is 11.1 Å². The number of nitrogens with zero attached hydrogens (tertiary/aromatic N) is 2. The molecule has 8 heteroatoms. The zero-order valence-corrected chi connectivity index (χ0v) is 11.0. The van der Waals surface area contributed by atoms with Crippen LogP contribution in [-0.2, 0) is 0 Å². The van der Waals surface area contributed by atoms with Crippen LogP contribution in [0, 0.1) is 22.9 Å². The molecular weight excluding hydrogens is 279 g/mol. The molecular formula is C13H11FN4O3. The molecule has 0 aliphatic rings. The number of halogens is 1. The molecule has 7 nitrogen and oxygen atoms in total. The summed E-state index contributed by atoms with van der Waals surface area (Å²) in [5.41, 5.74) is 5.37. The van der Waals surface area contributed by atoms with E-state index in [0.29, 0.717) is 0 Å². The Morgan fingerprint density at radius 2 is 2.14 bits per heavy atom. The Balaban J connectivity index is 2.34. The number of carbonyl (C=O) groups is 1. The van der Waals surface area contributed by atoms with Crippen LogP contribution in [-0.4, -0.2) is 15.8 Å². The van der Waals surface area contributed by atoms with Gasteiger partial charge in [-0.15, -0.1) is 0 Å². The van der Waals surface area contributed by atoms with Crippen LogP contribution in [0.5, 0.6) is 0 Å². The van der Waals surface area contributed by atoms with Gasteiger partial charge in [-0.3, -0.25) is 14.9 Å². The van der Waals surface area contributed by atoms with Crippen LogP contribution in [0.25, 0.3) is 0 Å². The van der Waals surface area contributed by atoms with E-state index in [0.717, 1.165) is 0 Å². The Bertz CT molecular complexity index is 733. The highest BCUT2D eigenvalue weighted by molar-refractivity contribution is 6.05. The SMILES string of the molecule is Cc1c(NC(=O)c2ccnc(N)c2F)cccc1[N+](=O)[O-]. The molecule has 0 fully saturated rings. The van der Waals surface area contributed by atoms with Gasteiger partial charge in [0.25, 0.3) is 11.6 Å². The third kappa shape index (κ3) is 2.78. The Morgan fingerprint density at radius 3 is 2.81 bits per heavy atom. The van der Waals surface area contributed by atoms with Crippen molar-refractivity contribution in [1.29, 1.82) is 0 Å². The lowest BCUT2D eigenvalue weighted by atomic mass is 10.1. The highest BCUT2D eigenvalue weighted by atomic mass is 19.1. The molecule has 3 N–H and O–H groups in total. The molecule has 1 aromatic carbocycles. The lowest BCUT2D eigenvalue weighted by molar-refractivity contribution is -0.385. The number of aromatic nitrogens is 1. The van der Waals surface area contributed by atoms with Crippen molar-refractivity contribution in [3.8, 4) is 0 Å². The van der Waals surface area contributed by atoms with E-state index >= 15 is 0 Å². The molecule has 1 aromatic heterocycles. The number of anilines is 2. The first-order chi connectivity index (χ1) is 9.91. The van der Waals surface area contributed by atoms with Gasteiger partial charge in [0.1, 0.15) is 0 Å². The van der Waals surface area contributed by atoms with Gasteiger partial charge in [-0.25, -0.2) is 9.37 Å². The molecule has 1 amide bonds. The number of nitro benzene ring substituents is 1. The minimum atomic E-state index is -0.932. The predicted octanol–water partition coefficient (Wildman–Crippen LogP) is 2.27. The molecule has 0 atom stereocenters. The summed E-state index contributed by atoms with van der Waals surface area (Å²) in [7, 11) is 0. The van der Waals surface area contributed by atoms with Gasteiger partial charge in [-0.05, 0) is 19.1 Å². The molecule has 0 bridgehead atoms. The first kappa shape index (κ1) is 14.4. The van der Waals surface area contributed by atoms with Gasteiger partial charge in [-0.1, -0.05) is 6.07 Å². The Hall–Kier alpha value is -3.03. The molecule has 0 aliphatic carbocycles. The maximum absolute atomic E-state index is 13.7. The maximum atomic E-state index is 13.7. The Kier molecular flexibility index (Phi) is 3.79. The van der Waals surface area contributed by atoms with Crippen molar-refractivity contribution in [3.05, 3.63) is 57.5 Å². The number of nitrogen functional groups attached to an aromatic ring is 1. The number of nitrogens with two attached hydrogens (primary N) is 1. The zero-order chi connectivity index (χ0) is 15.6. The summed E-state index contributed by atoms with van der Waals surface area (Å²) in [6, 6.07) is 5.41. The van der Waals surface area contributed by atoms with Crippen molar-refractivity contribution in [1.82, 2.24) is 4.98 Å². The van der Waals surface area contributed by atoms with Gasteiger partial charge >= 0.3 is 0 Å². The van der Waals surface area contributed by atoms with Crippen LogP contribution in [0.4, 0.5) is 21.6 Å². The minimum absolute atomic E-state index is 0.137. The third-order valence-corrected chi connectivity index (χ3v) is 2.91. The first-order valence-corrected chi connectivity index (χ1v) is 5.87. The van der Waals surface area contributed by atoms with Gasteiger partial charge in [0.05, 0.1) is 21.7 Å². The number of pyridine rings is 1. The van der Waals surface area contributed by atoms with E-state index in [4.69, 9.17) is 5.73 Å². The van der Waals surface area contributed by atoms with Crippen molar-refractivity contribution in [3.63, 3.8) is 0 Å². The molecule has 1 heterocycles. The average molecular weight is 290 g/mol. The Labute approximate surface area is 118 Å². The maximum Gasteiger partial charge on any atom is 0.274 e. The lowest BCUT2D eigenvalue weighted by Gasteiger charge is -2.09. The van der Waals surface area contributed by atoms with Crippen LogP contribution in [0.1, 0.15) is 15.9 Å². The quantitative estimate of drug-likeness (QED) is 0.665. The second kappa shape index (κ2) is 5.53. The summed E-state index contributed by atoms with van der Waals surface area (Å²) in [5.74, 6) is -2.08. The molecule has 0 saturated heterocycles. The van der Waals surface area contributed by atoms with Gasteiger partial charge < -0.3 is 11.1 Å². The summed E-state index contributed by atoms with van der Waals surface area (Å²) >= 11 is 0. The highest BCUT2D eigenvalue weighted by Crippen LogP contribution is 2.25. The molecule has 0 radical (unpaired) electrons. The van der Waals surface area contributed by atoms with Crippen molar-refractivity contribution in [2.45, 2.75) is 6.92 Å². The molecule has 2 rings (SSSR count). The summed E-state index contributed by atoms with van der Waals surface area (Å²) in [6.07, 6.45) is 1.20. The van der Waals surface area contributed by atoms with Gasteiger partial charge in [-0.2, -0.15) is 0 Å². The monoisotopic (exact) mass is 290 g/mol. The minimum Gasteiger partial charge on any atom is -0.381 e. The number of hydrogen-bond acceptors (Lipinski definition) is 5. The van der Waals surface area contributed by atoms with E-state index < -0.39 is 22.5 Å². The number of carbonyl (C=O) groups excluding carboxylic acids is 1. The van der Waals surface area contributed by atoms with Crippen LogP contribution in [0.15, 0.2) is 30.5 Å². The fourth-order valence-corrected chi connectivity index (χ4v) is 1.78. The lowest BCUT2D eigenvalue weighted by Crippen LogP contribution is -2.16. The number of nitrogens with one attached hydrogen (secondary N) is 1. The van der Waals surface area contributed by atoms with Gasteiger partial charge in [0, 0.05) is 12.3 Å². The van der Waals surface area contributed by atoms with E-state index in [2.05, 4.69) is 10.3 Å². The molecule has 2 aromatic rings. The Morgan fingerprint density at radius 1 is 1.43 bits per heavy atom.